The number of rotatable bonds is 3. The zero-order chi connectivity index (χ0) is 12.3. The maximum Gasteiger partial charge on any atom is 0.240 e. The van der Waals surface area contributed by atoms with E-state index in [4.69, 9.17) is 0 Å². The molecule has 0 aliphatic heterocycles. The van der Waals surface area contributed by atoms with Gasteiger partial charge in [-0.3, -0.25) is 0 Å². The SMILES string of the molecule is Cc1ccc(CSc2cccc[n+]2C)cc1C.[Cl-]. The van der Waals surface area contributed by atoms with Crippen molar-refractivity contribution in [2.75, 3.05) is 0 Å². The lowest BCUT2D eigenvalue weighted by molar-refractivity contribution is -0.708. The van der Waals surface area contributed by atoms with E-state index in [-0.39, 0.29) is 12.4 Å². The van der Waals surface area contributed by atoms with Crippen molar-refractivity contribution in [1.29, 1.82) is 0 Å². The minimum Gasteiger partial charge on any atom is -1.00 e. The molecule has 0 amide bonds. The molecule has 1 aromatic heterocycles. The smallest absolute Gasteiger partial charge is 0.240 e. The summed E-state index contributed by atoms with van der Waals surface area (Å²) < 4.78 is 2.16. The predicted octanol–water partition coefficient (Wildman–Crippen LogP) is 0.424. The summed E-state index contributed by atoms with van der Waals surface area (Å²) in [5.74, 6) is 1.03. The summed E-state index contributed by atoms with van der Waals surface area (Å²) in [7, 11) is 2.09. The van der Waals surface area contributed by atoms with Gasteiger partial charge in [0.15, 0.2) is 6.20 Å². The van der Waals surface area contributed by atoms with Crippen LogP contribution in [0.4, 0.5) is 0 Å². The van der Waals surface area contributed by atoms with Crippen LogP contribution in [0, 0.1) is 13.8 Å². The van der Waals surface area contributed by atoms with E-state index in [1.807, 2.05) is 11.8 Å². The summed E-state index contributed by atoms with van der Waals surface area (Å²) in [6.45, 7) is 4.33. The topological polar surface area (TPSA) is 3.88 Å². The lowest BCUT2D eigenvalue weighted by Gasteiger charge is -2.04. The molecule has 0 aliphatic rings. The van der Waals surface area contributed by atoms with E-state index in [0.29, 0.717) is 0 Å². The monoisotopic (exact) mass is 279 g/mol. The number of aryl methyl sites for hydroxylation is 3. The third-order valence-electron chi connectivity index (χ3n) is 2.97. The molecular weight excluding hydrogens is 262 g/mol. The molecule has 0 bridgehead atoms. The number of hydrogen-bond donors (Lipinski definition) is 0. The van der Waals surface area contributed by atoms with Crippen LogP contribution in [0.15, 0.2) is 47.6 Å². The molecule has 3 heteroatoms. The summed E-state index contributed by atoms with van der Waals surface area (Å²) in [5.41, 5.74) is 4.13. The molecule has 96 valence electrons. The van der Waals surface area contributed by atoms with Crippen LogP contribution in [0.25, 0.3) is 0 Å². The largest absolute Gasteiger partial charge is 1.00 e. The summed E-state index contributed by atoms with van der Waals surface area (Å²) in [4.78, 5) is 0. The van der Waals surface area contributed by atoms with Crippen LogP contribution in [0.1, 0.15) is 16.7 Å². The van der Waals surface area contributed by atoms with Gasteiger partial charge in [-0.25, -0.2) is 0 Å². The van der Waals surface area contributed by atoms with E-state index < -0.39 is 0 Å². The fourth-order valence-electron chi connectivity index (χ4n) is 1.71. The number of halogens is 1. The highest BCUT2D eigenvalue weighted by molar-refractivity contribution is 7.98. The van der Waals surface area contributed by atoms with E-state index in [1.165, 1.54) is 21.7 Å². The summed E-state index contributed by atoms with van der Waals surface area (Å²) >= 11 is 1.88. The number of aromatic nitrogens is 1. The first-order chi connectivity index (χ1) is 8.16. The third-order valence-corrected chi connectivity index (χ3v) is 4.16. The number of hydrogen-bond acceptors (Lipinski definition) is 1. The van der Waals surface area contributed by atoms with Gasteiger partial charge in [0.2, 0.25) is 5.03 Å². The molecule has 18 heavy (non-hydrogen) atoms. The Balaban J connectivity index is 0.00000162. The highest BCUT2D eigenvalue weighted by Gasteiger charge is 2.06. The van der Waals surface area contributed by atoms with Crippen molar-refractivity contribution in [1.82, 2.24) is 0 Å². The molecule has 0 atom stereocenters. The van der Waals surface area contributed by atoms with Gasteiger partial charge >= 0.3 is 0 Å². The fourth-order valence-corrected chi connectivity index (χ4v) is 2.64. The molecule has 2 aromatic rings. The van der Waals surface area contributed by atoms with Gasteiger partial charge in [0.25, 0.3) is 0 Å². The van der Waals surface area contributed by atoms with Crippen molar-refractivity contribution < 1.29 is 17.0 Å². The molecule has 0 unspecified atom stereocenters. The van der Waals surface area contributed by atoms with Crippen molar-refractivity contribution in [3.8, 4) is 0 Å². The van der Waals surface area contributed by atoms with Gasteiger partial charge in [-0.2, -0.15) is 4.57 Å². The Hall–Kier alpha value is -0.990. The van der Waals surface area contributed by atoms with Crippen LogP contribution >= 0.6 is 11.8 Å². The quantitative estimate of drug-likeness (QED) is 0.582. The molecule has 0 saturated carbocycles. The average molecular weight is 280 g/mol. The Morgan fingerprint density at radius 2 is 1.83 bits per heavy atom. The Morgan fingerprint density at radius 1 is 1.06 bits per heavy atom. The third kappa shape index (κ3) is 3.76. The molecule has 0 radical (unpaired) electrons. The first kappa shape index (κ1) is 15.1. The lowest BCUT2D eigenvalue weighted by Crippen LogP contribution is -3.00. The predicted molar refractivity (Wildman–Crippen MR) is 73.1 cm³/mol. The highest BCUT2D eigenvalue weighted by Crippen LogP contribution is 2.20. The van der Waals surface area contributed by atoms with Crippen LogP contribution in [-0.2, 0) is 12.8 Å². The van der Waals surface area contributed by atoms with Crippen LogP contribution in [0.2, 0.25) is 0 Å². The number of pyridine rings is 1. The zero-order valence-corrected chi connectivity index (χ0v) is 12.6. The summed E-state index contributed by atoms with van der Waals surface area (Å²) in [6.07, 6.45) is 2.09. The minimum atomic E-state index is 0. The Labute approximate surface area is 120 Å². The van der Waals surface area contributed by atoms with Crippen LogP contribution in [-0.4, -0.2) is 0 Å². The first-order valence-electron chi connectivity index (χ1n) is 5.80. The highest BCUT2D eigenvalue weighted by atomic mass is 35.5. The second-order valence-corrected chi connectivity index (χ2v) is 5.35. The number of benzene rings is 1. The molecule has 0 N–H and O–H groups in total. The van der Waals surface area contributed by atoms with Gasteiger partial charge in [0, 0.05) is 17.9 Å². The fraction of sp³-hybridized carbons (Fsp3) is 0.267. The average Bonchev–Trinajstić information content (AvgIpc) is 2.32. The van der Waals surface area contributed by atoms with Crippen molar-refractivity contribution in [2.24, 2.45) is 7.05 Å². The normalized spacial score (nSPS) is 9.94. The first-order valence-corrected chi connectivity index (χ1v) is 6.79. The lowest BCUT2D eigenvalue weighted by atomic mass is 10.1. The Bertz CT molecular complexity index is 526. The van der Waals surface area contributed by atoms with Crippen molar-refractivity contribution in [3.05, 3.63) is 59.3 Å². The molecule has 0 saturated heterocycles. The Morgan fingerprint density at radius 3 is 2.50 bits per heavy atom. The maximum absolute atomic E-state index is 2.28. The summed E-state index contributed by atoms with van der Waals surface area (Å²) in [5, 5.41) is 1.30. The number of nitrogens with zero attached hydrogens (tertiary/aromatic N) is 1. The van der Waals surface area contributed by atoms with E-state index in [9.17, 15) is 0 Å². The van der Waals surface area contributed by atoms with Gasteiger partial charge in [-0.1, -0.05) is 30.0 Å². The molecule has 0 fully saturated rings. The summed E-state index contributed by atoms with van der Waals surface area (Å²) in [6, 6.07) is 13.0. The van der Waals surface area contributed by atoms with E-state index >= 15 is 0 Å². The van der Waals surface area contributed by atoms with Crippen molar-refractivity contribution in [2.45, 2.75) is 24.6 Å². The molecular formula is C15H18ClNS. The zero-order valence-electron chi connectivity index (χ0n) is 11.0. The van der Waals surface area contributed by atoms with Gasteiger partial charge in [-0.15, -0.1) is 0 Å². The molecule has 1 aromatic carbocycles. The van der Waals surface area contributed by atoms with Crippen LogP contribution in [0.3, 0.4) is 0 Å². The van der Waals surface area contributed by atoms with Gasteiger partial charge in [0.1, 0.15) is 7.05 Å². The molecule has 2 rings (SSSR count). The molecule has 1 heterocycles. The maximum atomic E-state index is 2.28. The van der Waals surface area contributed by atoms with Gasteiger partial charge in [0.05, 0.1) is 0 Å². The molecule has 1 nitrogen and oxygen atoms in total. The van der Waals surface area contributed by atoms with Crippen LogP contribution in [0.5, 0.6) is 0 Å². The van der Waals surface area contributed by atoms with Crippen molar-refractivity contribution in [3.63, 3.8) is 0 Å². The van der Waals surface area contributed by atoms with Crippen LogP contribution < -0.4 is 17.0 Å². The van der Waals surface area contributed by atoms with E-state index in [2.05, 4.69) is 68.1 Å². The van der Waals surface area contributed by atoms with Gasteiger partial charge in [-0.05, 0) is 36.6 Å². The van der Waals surface area contributed by atoms with Crippen molar-refractivity contribution >= 4 is 11.8 Å². The van der Waals surface area contributed by atoms with Gasteiger partial charge < -0.3 is 12.4 Å². The molecule has 0 aliphatic carbocycles. The van der Waals surface area contributed by atoms with E-state index in [1.54, 1.807) is 0 Å². The standard InChI is InChI=1S/C15H18NS.ClH/c1-12-7-8-14(10-13(12)2)11-17-15-6-4-5-9-16(15)3;/h4-10H,11H2,1-3H3;1H/q+1;/p-1. The second kappa shape index (κ2) is 6.81. The number of thioether (sulfide) groups is 1. The minimum absolute atomic E-state index is 0. The Kier molecular flexibility index (Phi) is 5.70. The molecule has 0 spiro atoms. The second-order valence-electron chi connectivity index (χ2n) is 4.36. The van der Waals surface area contributed by atoms with E-state index in [0.717, 1.165) is 5.75 Å².